The molecular formula is C13H25NO. The van der Waals surface area contributed by atoms with Crippen molar-refractivity contribution in [3.8, 4) is 0 Å². The van der Waals surface area contributed by atoms with Gasteiger partial charge in [-0.25, -0.2) is 0 Å². The maximum atomic E-state index is 5.84. The van der Waals surface area contributed by atoms with Crippen molar-refractivity contribution in [3.05, 3.63) is 0 Å². The summed E-state index contributed by atoms with van der Waals surface area (Å²) in [6.07, 6.45) is 10.1. The Labute approximate surface area is 93.8 Å². The molecular weight excluding hydrogens is 186 g/mol. The molecule has 0 aromatic carbocycles. The second kappa shape index (κ2) is 5.86. The lowest BCUT2D eigenvalue weighted by Crippen LogP contribution is -2.33. The third-order valence-electron chi connectivity index (χ3n) is 4.02. The summed E-state index contributed by atoms with van der Waals surface area (Å²) < 4.78 is 5.84. The van der Waals surface area contributed by atoms with Crippen LogP contribution in [0.1, 0.15) is 51.9 Å². The summed E-state index contributed by atoms with van der Waals surface area (Å²) in [6.45, 7) is 4.32. The van der Waals surface area contributed by atoms with Gasteiger partial charge in [0.05, 0.1) is 6.10 Å². The summed E-state index contributed by atoms with van der Waals surface area (Å²) in [5.74, 6) is 0.880. The molecule has 2 rings (SSSR count). The van der Waals surface area contributed by atoms with Gasteiger partial charge in [-0.3, -0.25) is 0 Å². The quantitative estimate of drug-likeness (QED) is 0.729. The summed E-state index contributed by atoms with van der Waals surface area (Å²) in [6, 6.07) is 0.778. The molecule has 2 atom stereocenters. The van der Waals surface area contributed by atoms with E-state index in [-0.39, 0.29) is 0 Å². The molecule has 15 heavy (non-hydrogen) atoms. The summed E-state index contributed by atoms with van der Waals surface area (Å²) >= 11 is 0. The zero-order valence-corrected chi connectivity index (χ0v) is 10.0. The predicted molar refractivity (Wildman–Crippen MR) is 63.0 cm³/mol. The third kappa shape index (κ3) is 3.18. The molecule has 88 valence electrons. The fourth-order valence-electron chi connectivity index (χ4n) is 2.84. The molecule has 0 aromatic heterocycles. The van der Waals surface area contributed by atoms with Crippen LogP contribution >= 0.6 is 0 Å². The summed E-state index contributed by atoms with van der Waals surface area (Å²) in [5.41, 5.74) is 0. The van der Waals surface area contributed by atoms with Gasteiger partial charge in [0, 0.05) is 12.6 Å². The Hall–Kier alpha value is -0.0800. The minimum atomic E-state index is 0.615. The van der Waals surface area contributed by atoms with Crippen LogP contribution < -0.4 is 5.32 Å². The Bertz CT molecular complexity index is 179. The predicted octanol–water partition coefficient (Wildman–Crippen LogP) is 2.72. The first-order valence-corrected chi connectivity index (χ1v) is 6.75. The minimum absolute atomic E-state index is 0.615. The van der Waals surface area contributed by atoms with E-state index in [4.69, 9.17) is 4.74 Å². The second-order valence-electron chi connectivity index (χ2n) is 5.07. The lowest BCUT2D eigenvalue weighted by Gasteiger charge is -2.27. The van der Waals surface area contributed by atoms with Crippen molar-refractivity contribution in [2.24, 2.45) is 5.92 Å². The summed E-state index contributed by atoms with van der Waals surface area (Å²) in [7, 11) is 0. The van der Waals surface area contributed by atoms with Crippen molar-refractivity contribution in [1.29, 1.82) is 0 Å². The van der Waals surface area contributed by atoms with E-state index in [1.807, 2.05) is 0 Å². The van der Waals surface area contributed by atoms with Gasteiger partial charge in [0.1, 0.15) is 0 Å². The van der Waals surface area contributed by atoms with E-state index in [1.54, 1.807) is 0 Å². The van der Waals surface area contributed by atoms with Gasteiger partial charge in [-0.2, -0.15) is 0 Å². The van der Waals surface area contributed by atoms with E-state index in [1.165, 1.54) is 44.9 Å². The van der Waals surface area contributed by atoms with Crippen molar-refractivity contribution in [3.63, 3.8) is 0 Å². The zero-order valence-electron chi connectivity index (χ0n) is 10.0. The fraction of sp³-hybridized carbons (Fsp3) is 1.00. The first-order chi connectivity index (χ1) is 7.40. The highest BCUT2D eigenvalue weighted by Gasteiger charge is 2.26. The highest BCUT2D eigenvalue weighted by Crippen LogP contribution is 2.29. The van der Waals surface area contributed by atoms with Gasteiger partial charge in [-0.15, -0.1) is 0 Å². The molecule has 0 saturated heterocycles. The molecule has 2 nitrogen and oxygen atoms in total. The number of ether oxygens (including phenoxy) is 1. The SMILES string of the molecule is CCNC1CCCC1CCOC1CCC1. The molecule has 2 unspecified atom stereocenters. The van der Waals surface area contributed by atoms with E-state index in [0.29, 0.717) is 6.10 Å². The van der Waals surface area contributed by atoms with Crippen LogP contribution in [-0.2, 0) is 4.74 Å². The first kappa shape index (κ1) is 11.4. The van der Waals surface area contributed by atoms with Crippen molar-refractivity contribution in [1.82, 2.24) is 5.32 Å². The Kier molecular flexibility index (Phi) is 4.45. The smallest absolute Gasteiger partial charge is 0.0575 e. The fourth-order valence-corrected chi connectivity index (χ4v) is 2.84. The third-order valence-corrected chi connectivity index (χ3v) is 4.02. The number of hydrogen-bond donors (Lipinski definition) is 1. The normalized spacial score (nSPS) is 31.8. The largest absolute Gasteiger partial charge is 0.378 e. The standard InChI is InChI=1S/C13H25NO/c1-2-14-13-8-3-5-11(13)9-10-15-12-6-4-7-12/h11-14H,2-10H2,1H3. The zero-order chi connectivity index (χ0) is 10.5. The Balaban J connectivity index is 1.59. The molecule has 2 aliphatic carbocycles. The number of hydrogen-bond acceptors (Lipinski definition) is 2. The highest BCUT2D eigenvalue weighted by atomic mass is 16.5. The van der Waals surface area contributed by atoms with Crippen molar-refractivity contribution < 1.29 is 4.74 Å². The topological polar surface area (TPSA) is 21.3 Å². The maximum Gasteiger partial charge on any atom is 0.0575 e. The molecule has 2 aliphatic rings. The van der Waals surface area contributed by atoms with Crippen LogP contribution in [0, 0.1) is 5.92 Å². The van der Waals surface area contributed by atoms with Crippen LogP contribution in [0.15, 0.2) is 0 Å². The molecule has 0 spiro atoms. The van der Waals surface area contributed by atoms with Gasteiger partial charge in [0.25, 0.3) is 0 Å². The van der Waals surface area contributed by atoms with E-state index in [0.717, 1.165) is 25.1 Å². The molecule has 1 N–H and O–H groups in total. The van der Waals surface area contributed by atoms with Gasteiger partial charge >= 0.3 is 0 Å². The molecule has 2 fully saturated rings. The molecule has 0 aliphatic heterocycles. The Morgan fingerprint density at radius 2 is 1.93 bits per heavy atom. The van der Waals surface area contributed by atoms with Crippen LogP contribution in [0.3, 0.4) is 0 Å². The molecule has 0 heterocycles. The molecule has 0 radical (unpaired) electrons. The van der Waals surface area contributed by atoms with Gasteiger partial charge < -0.3 is 10.1 Å². The average Bonchev–Trinajstić information content (AvgIpc) is 2.58. The van der Waals surface area contributed by atoms with Gasteiger partial charge in [-0.05, 0) is 51.0 Å². The van der Waals surface area contributed by atoms with E-state index in [2.05, 4.69) is 12.2 Å². The van der Waals surface area contributed by atoms with Crippen molar-refractivity contribution in [2.75, 3.05) is 13.2 Å². The lowest BCUT2D eigenvalue weighted by molar-refractivity contribution is -0.00445. The number of nitrogens with one attached hydrogen (secondary N) is 1. The Morgan fingerprint density at radius 1 is 1.13 bits per heavy atom. The van der Waals surface area contributed by atoms with E-state index < -0.39 is 0 Å². The van der Waals surface area contributed by atoms with E-state index >= 15 is 0 Å². The van der Waals surface area contributed by atoms with Crippen molar-refractivity contribution >= 4 is 0 Å². The van der Waals surface area contributed by atoms with Crippen LogP contribution in [0.5, 0.6) is 0 Å². The molecule has 0 aromatic rings. The summed E-state index contributed by atoms with van der Waals surface area (Å²) in [5, 5.41) is 3.61. The monoisotopic (exact) mass is 211 g/mol. The van der Waals surface area contributed by atoms with Crippen LogP contribution in [0.4, 0.5) is 0 Å². The minimum Gasteiger partial charge on any atom is -0.378 e. The van der Waals surface area contributed by atoms with Crippen LogP contribution in [0.2, 0.25) is 0 Å². The molecule has 2 saturated carbocycles. The Morgan fingerprint density at radius 3 is 2.60 bits per heavy atom. The molecule has 2 heteroatoms. The number of rotatable bonds is 6. The summed E-state index contributed by atoms with van der Waals surface area (Å²) in [4.78, 5) is 0. The lowest BCUT2D eigenvalue weighted by atomic mass is 9.96. The average molecular weight is 211 g/mol. The molecule has 0 bridgehead atoms. The molecule has 0 amide bonds. The highest BCUT2D eigenvalue weighted by molar-refractivity contribution is 4.82. The van der Waals surface area contributed by atoms with Crippen LogP contribution in [-0.4, -0.2) is 25.3 Å². The first-order valence-electron chi connectivity index (χ1n) is 6.75. The van der Waals surface area contributed by atoms with Gasteiger partial charge in [-0.1, -0.05) is 13.3 Å². The maximum absolute atomic E-state index is 5.84. The van der Waals surface area contributed by atoms with Gasteiger partial charge in [0.2, 0.25) is 0 Å². The van der Waals surface area contributed by atoms with Crippen molar-refractivity contribution in [2.45, 2.75) is 64.0 Å². The van der Waals surface area contributed by atoms with E-state index in [9.17, 15) is 0 Å². The van der Waals surface area contributed by atoms with Gasteiger partial charge in [0.15, 0.2) is 0 Å². The van der Waals surface area contributed by atoms with Crippen LogP contribution in [0.25, 0.3) is 0 Å². The second-order valence-corrected chi connectivity index (χ2v) is 5.07.